The largest absolute Gasteiger partial charge is 0.384 e. The minimum Gasteiger partial charge on any atom is -0.384 e. The Kier molecular flexibility index (Phi) is 3.74. The molecule has 1 N–H and O–H groups in total. The molecule has 0 amide bonds. The van der Waals surface area contributed by atoms with Crippen LogP contribution in [0.2, 0.25) is 5.02 Å². The number of benzene rings is 1. The van der Waals surface area contributed by atoms with Gasteiger partial charge in [0.25, 0.3) is 5.69 Å². The first-order valence-corrected chi connectivity index (χ1v) is 6.21. The molecule has 0 aliphatic rings. The average molecular weight is 297 g/mol. The third-order valence-electron chi connectivity index (χ3n) is 2.74. The van der Waals surface area contributed by atoms with Gasteiger partial charge in [-0.05, 0) is 26.0 Å². The molecule has 0 radical (unpaired) electrons. The molecule has 7 nitrogen and oxygen atoms in total. The Hall–Kier alpha value is -1.99. The van der Waals surface area contributed by atoms with E-state index in [0.29, 0.717) is 16.3 Å². The molecular formula is C12H13ClN4O3. The van der Waals surface area contributed by atoms with E-state index in [4.69, 9.17) is 11.6 Å². The molecule has 106 valence electrons. The molecule has 0 atom stereocenters. The molecule has 2 rings (SSSR count). The Morgan fingerprint density at radius 3 is 2.75 bits per heavy atom. The second-order valence-corrected chi connectivity index (χ2v) is 5.33. The van der Waals surface area contributed by atoms with Crippen LogP contribution in [0.15, 0.2) is 24.4 Å². The van der Waals surface area contributed by atoms with Gasteiger partial charge in [0, 0.05) is 11.1 Å². The number of rotatable bonds is 4. The fourth-order valence-electron chi connectivity index (χ4n) is 1.67. The Labute approximate surface area is 119 Å². The van der Waals surface area contributed by atoms with Crippen LogP contribution in [-0.4, -0.2) is 25.0 Å². The van der Waals surface area contributed by atoms with Crippen molar-refractivity contribution < 1.29 is 10.0 Å². The van der Waals surface area contributed by atoms with Crippen molar-refractivity contribution >= 4 is 17.3 Å². The van der Waals surface area contributed by atoms with Gasteiger partial charge in [0.1, 0.15) is 11.3 Å². The maximum atomic E-state index is 11.0. The molecule has 0 aliphatic heterocycles. The average Bonchev–Trinajstić information content (AvgIpc) is 2.79. The van der Waals surface area contributed by atoms with Gasteiger partial charge in [-0.1, -0.05) is 16.8 Å². The van der Waals surface area contributed by atoms with Crippen molar-refractivity contribution in [2.45, 2.75) is 26.0 Å². The van der Waals surface area contributed by atoms with Gasteiger partial charge in [-0.15, -0.1) is 5.10 Å². The maximum Gasteiger partial charge on any atom is 0.275 e. The molecule has 0 saturated heterocycles. The molecule has 20 heavy (non-hydrogen) atoms. The topological polar surface area (TPSA) is 94.1 Å². The standard InChI is InChI=1S/C12H13ClN4O3/c1-12(2,18)11-7-16(15-14-11)6-8-3-4-9(13)5-10(8)17(19)20/h3-5,7,18H,6H2,1-2H3. The lowest BCUT2D eigenvalue weighted by molar-refractivity contribution is -0.385. The second kappa shape index (κ2) is 5.18. The van der Waals surface area contributed by atoms with Gasteiger partial charge < -0.3 is 5.11 Å². The van der Waals surface area contributed by atoms with E-state index >= 15 is 0 Å². The predicted octanol–water partition coefficient (Wildman–Crippen LogP) is 2.12. The van der Waals surface area contributed by atoms with Crippen LogP contribution in [0.4, 0.5) is 5.69 Å². The molecule has 1 aromatic heterocycles. The lowest BCUT2D eigenvalue weighted by Crippen LogP contribution is -2.15. The zero-order chi connectivity index (χ0) is 14.9. The number of nitro benzene ring substituents is 1. The summed E-state index contributed by atoms with van der Waals surface area (Å²) in [6, 6.07) is 4.45. The summed E-state index contributed by atoms with van der Waals surface area (Å²) < 4.78 is 1.43. The zero-order valence-electron chi connectivity index (χ0n) is 10.9. The highest BCUT2D eigenvalue weighted by Crippen LogP contribution is 2.24. The third kappa shape index (κ3) is 3.12. The van der Waals surface area contributed by atoms with Gasteiger partial charge in [-0.3, -0.25) is 10.1 Å². The summed E-state index contributed by atoms with van der Waals surface area (Å²) in [5, 5.41) is 28.8. The van der Waals surface area contributed by atoms with Crippen LogP contribution >= 0.6 is 11.6 Å². The van der Waals surface area contributed by atoms with E-state index in [1.54, 1.807) is 32.2 Å². The molecule has 0 bridgehead atoms. The number of hydrogen-bond donors (Lipinski definition) is 1. The summed E-state index contributed by atoms with van der Waals surface area (Å²) in [4.78, 5) is 10.5. The van der Waals surface area contributed by atoms with Crippen molar-refractivity contribution in [2.75, 3.05) is 0 Å². The van der Waals surface area contributed by atoms with E-state index in [2.05, 4.69) is 10.3 Å². The van der Waals surface area contributed by atoms with E-state index in [1.165, 1.54) is 10.7 Å². The Morgan fingerprint density at radius 1 is 1.50 bits per heavy atom. The summed E-state index contributed by atoms with van der Waals surface area (Å²) in [5.41, 5.74) is -0.317. The smallest absolute Gasteiger partial charge is 0.275 e. The molecule has 8 heteroatoms. The van der Waals surface area contributed by atoms with Crippen molar-refractivity contribution in [2.24, 2.45) is 0 Å². The fourth-order valence-corrected chi connectivity index (χ4v) is 1.84. The summed E-state index contributed by atoms with van der Waals surface area (Å²) in [6.45, 7) is 3.36. The highest BCUT2D eigenvalue weighted by atomic mass is 35.5. The van der Waals surface area contributed by atoms with Crippen molar-refractivity contribution in [3.05, 3.63) is 50.8 Å². The number of nitro groups is 1. The lowest BCUT2D eigenvalue weighted by Gasteiger charge is -2.11. The normalized spacial score (nSPS) is 11.6. The fraction of sp³-hybridized carbons (Fsp3) is 0.333. The Balaban J connectivity index is 2.31. The van der Waals surface area contributed by atoms with E-state index < -0.39 is 10.5 Å². The number of nitrogens with zero attached hydrogens (tertiary/aromatic N) is 4. The van der Waals surface area contributed by atoms with Gasteiger partial charge in [0.05, 0.1) is 23.2 Å². The molecule has 0 aliphatic carbocycles. The Bertz CT molecular complexity index is 648. The number of halogens is 1. The minimum absolute atomic E-state index is 0.0715. The van der Waals surface area contributed by atoms with Gasteiger partial charge in [-0.2, -0.15) is 0 Å². The summed E-state index contributed by atoms with van der Waals surface area (Å²) in [6.07, 6.45) is 1.55. The highest BCUT2D eigenvalue weighted by molar-refractivity contribution is 6.30. The third-order valence-corrected chi connectivity index (χ3v) is 2.98. The molecule has 0 spiro atoms. The van der Waals surface area contributed by atoms with E-state index in [-0.39, 0.29) is 12.2 Å². The first kappa shape index (κ1) is 14.4. The number of aromatic nitrogens is 3. The van der Waals surface area contributed by atoms with Gasteiger partial charge in [-0.25, -0.2) is 4.68 Å². The quantitative estimate of drug-likeness (QED) is 0.689. The summed E-state index contributed by atoms with van der Waals surface area (Å²) in [5.74, 6) is 0. The first-order chi connectivity index (χ1) is 9.27. The zero-order valence-corrected chi connectivity index (χ0v) is 11.7. The molecule has 1 aromatic carbocycles. The summed E-state index contributed by atoms with van der Waals surface area (Å²) >= 11 is 5.76. The van der Waals surface area contributed by atoms with Crippen LogP contribution in [0, 0.1) is 10.1 Å². The van der Waals surface area contributed by atoms with Gasteiger partial charge in [0.2, 0.25) is 0 Å². The molecule has 0 unspecified atom stereocenters. The highest BCUT2D eigenvalue weighted by Gasteiger charge is 2.21. The van der Waals surface area contributed by atoms with Crippen molar-refractivity contribution in [1.82, 2.24) is 15.0 Å². The predicted molar refractivity (Wildman–Crippen MR) is 72.5 cm³/mol. The van der Waals surface area contributed by atoms with Crippen molar-refractivity contribution in [3.63, 3.8) is 0 Å². The van der Waals surface area contributed by atoms with Crippen molar-refractivity contribution in [3.8, 4) is 0 Å². The lowest BCUT2D eigenvalue weighted by atomic mass is 10.1. The van der Waals surface area contributed by atoms with Crippen molar-refractivity contribution in [1.29, 1.82) is 0 Å². The minimum atomic E-state index is -1.11. The second-order valence-electron chi connectivity index (χ2n) is 4.89. The van der Waals surface area contributed by atoms with Crippen LogP contribution < -0.4 is 0 Å². The SMILES string of the molecule is CC(C)(O)c1cn(Cc2ccc(Cl)cc2[N+](=O)[O-])nn1. The Morgan fingerprint density at radius 2 is 2.20 bits per heavy atom. The van der Waals surface area contributed by atoms with Crippen LogP contribution in [0.25, 0.3) is 0 Å². The van der Waals surface area contributed by atoms with E-state index in [1.807, 2.05) is 0 Å². The number of aliphatic hydroxyl groups is 1. The van der Waals surface area contributed by atoms with Crippen LogP contribution in [-0.2, 0) is 12.1 Å². The van der Waals surface area contributed by atoms with Crippen LogP contribution in [0.5, 0.6) is 0 Å². The maximum absolute atomic E-state index is 11.0. The molecule has 0 fully saturated rings. The molecule has 1 heterocycles. The van der Waals surface area contributed by atoms with E-state index in [0.717, 1.165) is 0 Å². The van der Waals surface area contributed by atoms with Crippen LogP contribution in [0.3, 0.4) is 0 Å². The number of hydrogen-bond acceptors (Lipinski definition) is 5. The molecule has 2 aromatic rings. The monoisotopic (exact) mass is 296 g/mol. The van der Waals surface area contributed by atoms with E-state index in [9.17, 15) is 15.2 Å². The van der Waals surface area contributed by atoms with Crippen LogP contribution in [0.1, 0.15) is 25.1 Å². The first-order valence-electron chi connectivity index (χ1n) is 5.83. The summed E-state index contributed by atoms with van der Waals surface area (Å²) in [7, 11) is 0. The molecule has 0 saturated carbocycles. The van der Waals surface area contributed by atoms with Gasteiger partial charge >= 0.3 is 0 Å². The van der Waals surface area contributed by atoms with Gasteiger partial charge in [0.15, 0.2) is 0 Å². The molecular weight excluding hydrogens is 284 g/mol.